The maximum Gasteiger partial charge on any atom is 0.308 e. The van der Waals surface area contributed by atoms with E-state index in [-0.39, 0.29) is 12.5 Å². The van der Waals surface area contributed by atoms with E-state index >= 15 is 0 Å². The van der Waals surface area contributed by atoms with Crippen LogP contribution in [0.25, 0.3) is 0 Å². The Balaban J connectivity index is 1.97. The summed E-state index contributed by atoms with van der Waals surface area (Å²) in [4.78, 5) is 23.4. The van der Waals surface area contributed by atoms with Crippen molar-refractivity contribution < 1.29 is 19.1 Å². The summed E-state index contributed by atoms with van der Waals surface area (Å²) < 4.78 is 5.07. The van der Waals surface area contributed by atoms with Crippen molar-refractivity contribution in [2.75, 3.05) is 6.54 Å². The summed E-state index contributed by atoms with van der Waals surface area (Å²) in [7, 11) is 0. The van der Waals surface area contributed by atoms with E-state index in [1.807, 2.05) is 31.2 Å². The van der Waals surface area contributed by atoms with Crippen LogP contribution in [0.5, 0.6) is 0 Å². The zero-order valence-electron chi connectivity index (χ0n) is 12.6. The van der Waals surface area contributed by atoms with Crippen molar-refractivity contribution in [1.82, 2.24) is 5.32 Å². The second-order valence-electron chi connectivity index (χ2n) is 5.33. The summed E-state index contributed by atoms with van der Waals surface area (Å²) in [5.41, 5.74) is 2.49. The number of benzene rings is 1. The van der Waals surface area contributed by atoms with Crippen LogP contribution in [0.15, 0.2) is 41.0 Å². The number of rotatable bonds is 6. The van der Waals surface area contributed by atoms with Crippen molar-refractivity contribution >= 4 is 11.9 Å². The molecule has 0 aliphatic heterocycles. The predicted molar refractivity (Wildman–Crippen MR) is 81.8 cm³/mol. The third-order valence-corrected chi connectivity index (χ3v) is 3.56. The smallest absolute Gasteiger partial charge is 0.308 e. The number of carbonyl (C=O) groups is 2. The number of carboxylic acids is 1. The van der Waals surface area contributed by atoms with E-state index in [0.29, 0.717) is 17.7 Å². The summed E-state index contributed by atoms with van der Waals surface area (Å²) in [6.07, 6.45) is 1.81. The number of carboxylic acid groups (broad SMARTS) is 1. The number of nitrogens with one attached hydrogen (secondary N) is 1. The van der Waals surface area contributed by atoms with Gasteiger partial charge in [-0.05, 0) is 31.9 Å². The Morgan fingerprint density at radius 3 is 2.41 bits per heavy atom. The van der Waals surface area contributed by atoms with E-state index in [0.717, 1.165) is 11.1 Å². The SMILES string of the molecule is Cc1ccc(C[C@H](CNC(=O)c2ccoc2C)C(=O)O)cc1. The lowest BCUT2D eigenvalue weighted by molar-refractivity contribution is -0.141. The van der Waals surface area contributed by atoms with Gasteiger partial charge in [0.1, 0.15) is 5.76 Å². The molecule has 2 aromatic rings. The molecule has 116 valence electrons. The first-order chi connectivity index (χ1) is 10.5. The van der Waals surface area contributed by atoms with Crippen LogP contribution in [-0.2, 0) is 11.2 Å². The molecule has 0 saturated heterocycles. The highest BCUT2D eigenvalue weighted by Gasteiger charge is 2.20. The van der Waals surface area contributed by atoms with Gasteiger partial charge in [-0.3, -0.25) is 9.59 Å². The molecule has 0 bridgehead atoms. The maximum absolute atomic E-state index is 12.0. The molecule has 5 heteroatoms. The molecule has 2 rings (SSSR count). The lowest BCUT2D eigenvalue weighted by Crippen LogP contribution is -2.34. The number of aliphatic carboxylic acids is 1. The normalized spacial score (nSPS) is 11.9. The molecule has 1 amide bonds. The first kappa shape index (κ1) is 15.8. The summed E-state index contributed by atoms with van der Waals surface area (Å²) >= 11 is 0. The average molecular weight is 301 g/mol. The first-order valence-corrected chi connectivity index (χ1v) is 7.08. The molecule has 1 aromatic heterocycles. The van der Waals surface area contributed by atoms with Crippen molar-refractivity contribution in [2.45, 2.75) is 20.3 Å². The molecule has 5 nitrogen and oxygen atoms in total. The minimum absolute atomic E-state index is 0.0761. The highest BCUT2D eigenvalue weighted by molar-refractivity contribution is 5.95. The number of amides is 1. The van der Waals surface area contributed by atoms with Gasteiger partial charge in [-0.1, -0.05) is 29.8 Å². The maximum atomic E-state index is 12.0. The van der Waals surface area contributed by atoms with Gasteiger partial charge in [0, 0.05) is 6.54 Å². The highest BCUT2D eigenvalue weighted by Crippen LogP contribution is 2.12. The van der Waals surface area contributed by atoms with Crippen molar-refractivity contribution in [3.63, 3.8) is 0 Å². The standard InChI is InChI=1S/C17H19NO4/c1-11-3-5-13(6-4-11)9-14(17(20)21)10-18-16(19)15-7-8-22-12(15)2/h3-8,14H,9-10H2,1-2H3,(H,18,19)(H,20,21)/t14-/m1/s1. The number of furan rings is 1. The molecule has 0 radical (unpaired) electrons. The molecule has 0 aliphatic rings. The van der Waals surface area contributed by atoms with Crippen LogP contribution in [0.3, 0.4) is 0 Å². The average Bonchev–Trinajstić information content (AvgIpc) is 2.91. The highest BCUT2D eigenvalue weighted by atomic mass is 16.4. The predicted octanol–water partition coefficient (Wildman–Crippen LogP) is 2.57. The lowest BCUT2D eigenvalue weighted by Gasteiger charge is -2.13. The van der Waals surface area contributed by atoms with E-state index < -0.39 is 11.9 Å². The van der Waals surface area contributed by atoms with Gasteiger partial charge in [0.2, 0.25) is 0 Å². The number of aryl methyl sites for hydroxylation is 2. The molecule has 1 heterocycles. The van der Waals surface area contributed by atoms with Crippen LogP contribution in [0.4, 0.5) is 0 Å². The van der Waals surface area contributed by atoms with Gasteiger partial charge < -0.3 is 14.8 Å². The van der Waals surface area contributed by atoms with E-state index in [9.17, 15) is 14.7 Å². The Morgan fingerprint density at radius 1 is 1.18 bits per heavy atom. The fraction of sp³-hybridized carbons (Fsp3) is 0.294. The van der Waals surface area contributed by atoms with Gasteiger partial charge in [0.05, 0.1) is 17.7 Å². The second kappa shape index (κ2) is 6.93. The Bertz CT molecular complexity index is 658. The van der Waals surface area contributed by atoms with Crippen molar-refractivity contribution in [2.24, 2.45) is 5.92 Å². The third-order valence-electron chi connectivity index (χ3n) is 3.56. The molecular formula is C17H19NO4. The quantitative estimate of drug-likeness (QED) is 0.859. The van der Waals surface area contributed by atoms with Crippen LogP contribution >= 0.6 is 0 Å². The zero-order chi connectivity index (χ0) is 16.1. The number of hydrogen-bond donors (Lipinski definition) is 2. The molecule has 2 N–H and O–H groups in total. The van der Waals surface area contributed by atoms with E-state index in [2.05, 4.69) is 5.32 Å². The number of carbonyl (C=O) groups excluding carboxylic acids is 1. The summed E-state index contributed by atoms with van der Waals surface area (Å²) in [5, 5.41) is 12.0. The lowest BCUT2D eigenvalue weighted by atomic mass is 9.98. The first-order valence-electron chi connectivity index (χ1n) is 7.08. The van der Waals surface area contributed by atoms with Crippen LogP contribution in [0.1, 0.15) is 27.2 Å². The molecule has 22 heavy (non-hydrogen) atoms. The Hall–Kier alpha value is -2.56. The van der Waals surface area contributed by atoms with Gasteiger partial charge in [-0.2, -0.15) is 0 Å². The molecule has 0 unspecified atom stereocenters. The van der Waals surface area contributed by atoms with E-state index in [1.165, 1.54) is 6.26 Å². The van der Waals surface area contributed by atoms with E-state index in [4.69, 9.17) is 4.42 Å². The largest absolute Gasteiger partial charge is 0.481 e. The fourth-order valence-corrected chi connectivity index (χ4v) is 2.19. The summed E-state index contributed by atoms with van der Waals surface area (Å²) in [6.45, 7) is 3.74. The molecule has 0 aliphatic carbocycles. The molecule has 1 atom stereocenters. The van der Waals surface area contributed by atoms with E-state index in [1.54, 1.807) is 13.0 Å². The van der Waals surface area contributed by atoms with Gasteiger partial charge >= 0.3 is 5.97 Å². The van der Waals surface area contributed by atoms with Gasteiger partial charge in [0.25, 0.3) is 5.91 Å². The minimum atomic E-state index is -0.926. The molecule has 0 fully saturated rings. The number of hydrogen-bond acceptors (Lipinski definition) is 3. The Kier molecular flexibility index (Phi) is 4.99. The van der Waals surface area contributed by atoms with Crippen molar-refractivity contribution in [3.05, 3.63) is 59.0 Å². The monoisotopic (exact) mass is 301 g/mol. The Morgan fingerprint density at radius 2 is 1.86 bits per heavy atom. The van der Waals surface area contributed by atoms with Crippen molar-refractivity contribution in [1.29, 1.82) is 0 Å². The van der Waals surface area contributed by atoms with Crippen LogP contribution in [0.2, 0.25) is 0 Å². The molecule has 0 spiro atoms. The summed E-state index contributed by atoms with van der Waals surface area (Å²) in [5.74, 6) is -1.40. The van der Waals surface area contributed by atoms with Crippen molar-refractivity contribution in [3.8, 4) is 0 Å². The minimum Gasteiger partial charge on any atom is -0.481 e. The molecule has 0 saturated carbocycles. The second-order valence-corrected chi connectivity index (χ2v) is 5.33. The summed E-state index contributed by atoms with van der Waals surface area (Å²) in [6, 6.07) is 9.28. The molecule has 1 aromatic carbocycles. The molecular weight excluding hydrogens is 282 g/mol. The third kappa shape index (κ3) is 3.97. The van der Waals surface area contributed by atoms with Gasteiger partial charge in [-0.25, -0.2) is 0 Å². The van der Waals surface area contributed by atoms with Crippen LogP contribution in [0, 0.1) is 19.8 Å². The fourth-order valence-electron chi connectivity index (χ4n) is 2.19. The van der Waals surface area contributed by atoms with Gasteiger partial charge in [-0.15, -0.1) is 0 Å². The zero-order valence-corrected chi connectivity index (χ0v) is 12.6. The van der Waals surface area contributed by atoms with Crippen LogP contribution in [-0.4, -0.2) is 23.5 Å². The van der Waals surface area contributed by atoms with Crippen LogP contribution < -0.4 is 5.32 Å². The topological polar surface area (TPSA) is 79.5 Å². The Labute approximate surface area is 129 Å². The van der Waals surface area contributed by atoms with Gasteiger partial charge in [0.15, 0.2) is 0 Å².